The van der Waals surface area contributed by atoms with Crippen molar-refractivity contribution in [3.05, 3.63) is 48.0 Å². The molecule has 0 bridgehead atoms. The fourth-order valence-electron chi connectivity index (χ4n) is 2.17. The number of benzene rings is 1. The molecule has 5 nitrogen and oxygen atoms in total. The third kappa shape index (κ3) is 7.33. The van der Waals surface area contributed by atoms with Crippen LogP contribution in [0, 0.1) is 0 Å². The van der Waals surface area contributed by atoms with Crippen LogP contribution in [0.4, 0.5) is 0 Å². The number of allylic oxidation sites excluding steroid dienone is 1. The van der Waals surface area contributed by atoms with Gasteiger partial charge in [0.2, 0.25) is 0 Å². The number of carbonyl (C=O) groups is 1. The third-order valence-electron chi connectivity index (χ3n) is 3.53. The van der Waals surface area contributed by atoms with Gasteiger partial charge in [0.25, 0.3) is 5.91 Å². The van der Waals surface area contributed by atoms with Gasteiger partial charge in [-0.3, -0.25) is 9.79 Å². The van der Waals surface area contributed by atoms with Crippen LogP contribution in [0.1, 0.15) is 28.8 Å². The second kappa shape index (κ2) is 11.9. The molecule has 0 heterocycles. The summed E-state index contributed by atoms with van der Waals surface area (Å²) in [7, 11) is 7.32. The molecular formula is C18H29IN4O. The van der Waals surface area contributed by atoms with E-state index in [1.54, 1.807) is 26.0 Å². The molecule has 0 fully saturated rings. The van der Waals surface area contributed by atoms with Crippen LogP contribution in [-0.4, -0.2) is 56.4 Å². The molecule has 0 spiro atoms. The number of rotatable bonds is 7. The molecule has 1 N–H and O–H groups in total. The monoisotopic (exact) mass is 444 g/mol. The Kier molecular flexibility index (Phi) is 11.1. The van der Waals surface area contributed by atoms with Gasteiger partial charge in [0, 0.05) is 46.8 Å². The van der Waals surface area contributed by atoms with E-state index in [4.69, 9.17) is 0 Å². The highest BCUT2D eigenvalue weighted by molar-refractivity contribution is 14.0. The number of hydrogen-bond acceptors (Lipinski definition) is 2. The Morgan fingerprint density at radius 2 is 1.88 bits per heavy atom. The van der Waals surface area contributed by atoms with Gasteiger partial charge in [-0.15, -0.1) is 30.6 Å². The fourth-order valence-corrected chi connectivity index (χ4v) is 2.17. The van der Waals surface area contributed by atoms with Crippen LogP contribution in [-0.2, 0) is 6.54 Å². The first-order chi connectivity index (χ1) is 11.0. The molecule has 0 aromatic heterocycles. The maximum Gasteiger partial charge on any atom is 0.253 e. The molecule has 0 atom stereocenters. The summed E-state index contributed by atoms with van der Waals surface area (Å²) in [5.41, 5.74) is 1.81. The normalized spacial score (nSPS) is 10.6. The van der Waals surface area contributed by atoms with E-state index in [9.17, 15) is 4.79 Å². The van der Waals surface area contributed by atoms with Crippen molar-refractivity contribution < 1.29 is 4.79 Å². The van der Waals surface area contributed by atoms with Gasteiger partial charge in [-0.2, -0.15) is 0 Å². The molecular weight excluding hydrogens is 415 g/mol. The Balaban J connectivity index is 0.00000529. The molecule has 24 heavy (non-hydrogen) atoms. The van der Waals surface area contributed by atoms with E-state index in [-0.39, 0.29) is 29.9 Å². The lowest BCUT2D eigenvalue weighted by atomic mass is 10.1. The standard InChI is InChI=1S/C18H28N4O.HI/c1-6-7-8-13-22(5)18(19-2)20-14-15-9-11-16(12-10-15)17(23)21(3)4;/h6,9-12H,1,7-8,13-14H2,2-5H3,(H,19,20);1H. The van der Waals surface area contributed by atoms with Gasteiger partial charge in [-0.1, -0.05) is 18.2 Å². The first kappa shape index (κ1) is 22.4. The Morgan fingerprint density at radius 1 is 1.25 bits per heavy atom. The van der Waals surface area contributed by atoms with Gasteiger partial charge in [-0.05, 0) is 30.5 Å². The lowest BCUT2D eigenvalue weighted by Crippen LogP contribution is -2.38. The minimum Gasteiger partial charge on any atom is -0.352 e. The van der Waals surface area contributed by atoms with Crippen molar-refractivity contribution in [3.63, 3.8) is 0 Å². The van der Waals surface area contributed by atoms with Crippen molar-refractivity contribution in [2.45, 2.75) is 19.4 Å². The fraction of sp³-hybridized carbons (Fsp3) is 0.444. The number of halogens is 1. The highest BCUT2D eigenvalue weighted by Crippen LogP contribution is 2.06. The van der Waals surface area contributed by atoms with Gasteiger partial charge in [-0.25, -0.2) is 0 Å². The lowest BCUT2D eigenvalue weighted by Gasteiger charge is -2.22. The predicted octanol–water partition coefficient (Wildman–Crippen LogP) is 2.98. The largest absolute Gasteiger partial charge is 0.352 e. The van der Waals surface area contributed by atoms with Crippen LogP contribution in [0.2, 0.25) is 0 Å². The molecule has 0 aliphatic heterocycles. The van der Waals surface area contributed by atoms with E-state index in [1.807, 2.05) is 37.4 Å². The minimum absolute atomic E-state index is 0. The van der Waals surface area contributed by atoms with E-state index in [2.05, 4.69) is 21.8 Å². The number of nitrogens with zero attached hydrogens (tertiary/aromatic N) is 3. The topological polar surface area (TPSA) is 47.9 Å². The summed E-state index contributed by atoms with van der Waals surface area (Å²) >= 11 is 0. The summed E-state index contributed by atoms with van der Waals surface area (Å²) in [6.45, 7) is 5.35. The number of hydrogen-bond donors (Lipinski definition) is 1. The van der Waals surface area contributed by atoms with E-state index < -0.39 is 0 Å². The van der Waals surface area contributed by atoms with Crippen LogP contribution in [0.15, 0.2) is 41.9 Å². The highest BCUT2D eigenvalue weighted by atomic mass is 127. The minimum atomic E-state index is 0. The summed E-state index contributed by atoms with van der Waals surface area (Å²) in [6.07, 6.45) is 3.99. The maximum atomic E-state index is 11.9. The molecule has 0 saturated carbocycles. The number of amides is 1. The lowest BCUT2D eigenvalue weighted by molar-refractivity contribution is 0.0827. The van der Waals surface area contributed by atoms with Gasteiger partial charge in [0.05, 0.1) is 0 Å². The molecule has 0 radical (unpaired) electrons. The number of guanidine groups is 1. The Morgan fingerprint density at radius 3 is 2.38 bits per heavy atom. The van der Waals surface area contributed by atoms with Crippen molar-refractivity contribution in [1.82, 2.24) is 15.1 Å². The molecule has 1 aromatic carbocycles. The molecule has 1 aromatic rings. The molecule has 0 aliphatic carbocycles. The van der Waals surface area contributed by atoms with Gasteiger partial charge in [0.1, 0.15) is 0 Å². The van der Waals surface area contributed by atoms with Crippen molar-refractivity contribution >= 4 is 35.8 Å². The van der Waals surface area contributed by atoms with Crippen LogP contribution in [0.5, 0.6) is 0 Å². The Hall–Kier alpha value is -1.57. The van der Waals surface area contributed by atoms with Gasteiger partial charge >= 0.3 is 0 Å². The molecule has 0 aliphatic rings. The van der Waals surface area contributed by atoms with E-state index in [1.165, 1.54) is 0 Å². The molecule has 0 unspecified atom stereocenters. The molecule has 6 heteroatoms. The second-order valence-electron chi connectivity index (χ2n) is 5.65. The number of nitrogens with one attached hydrogen (secondary N) is 1. The number of carbonyl (C=O) groups excluding carboxylic acids is 1. The van der Waals surface area contributed by atoms with Crippen molar-refractivity contribution in [3.8, 4) is 0 Å². The van der Waals surface area contributed by atoms with Crippen molar-refractivity contribution in [1.29, 1.82) is 0 Å². The predicted molar refractivity (Wildman–Crippen MR) is 112 cm³/mol. The zero-order valence-corrected chi connectivity index (χ0v) is 17.4. The van der Waals surface area contributed by atoms with Crippen LogP contribution >= 0.6 is 24.0 Å². The smallest absolute Gasteiger partial charge is 0.253 e. The summed E-state index contributed by atoms with van der Waals surface area (Å²) in [5.74, 6) is 0.879. The highest BCUT2D eigenvalue weighted by Gasteiger charge is 2.08. The van der Waals surface area contributed by atoms with Gasteiger partial charge < -0.3 is 15.1 Å². The molecule has 1 amide bonds. The van der Waals surface area contributed by atoms with Crippen LogP contribution in [0.25, 0.3) is 0 Å². The van der Waals surface area contributed by atoms with Crippen LogP contribution < -0.4 is 5.32 Å². The summed E-state index contributed by atoms with van der Waals surface area (Å²) in [4.78, 5) is 19.8. The summed E-state index contributed by atoms with van der Waals surface area (Å²) in [6, 6.07) is 7.65. The molecule has 0 saturated heterocycles. The SMILES string of the molecule is C=CCCCN(C)C(=NC)NCc1ccc(C(=O)N(C)C)cc1.I. The second-order valence-corrected chi connectivity index (χ2v) is 5.65. The van der Waals surface area contributed by atoms with E-state index in [0.29, 0.717) is 12.1 Å². The average Bonchev–Trinajstić information content (AvgIpc) is 2.55. The van der Waals surface area contributed by atoms with E-state index >= 15 is 0 Å². The molecule has 134 valence electrons. The summed E-state index contributed by atoms with van der Waals surface area (Å²) in [5, 5.41) is 3.34. The first-order valence-corrected chi connectivity index (χ1v) is 7.82. The van der Waals surface area contributed by atoms with Crippen molar-refractivity contribution in [2.75, 3.05) is 34.7 Å². The number of aliphatic imine (C=N–C) groups is 1. The maximum absolute atomic E-state index is 11.9. The van der Waals surface area contributed by atoms with Crippen LogP contribution in [0.3, 0.4) is 0 Å². The Labute approximate surface area is 162 Å². The third-order valence-corrected chi connectivity index (χ3v) is 3.53. The van der Waals surface area contributed by atoms with Gasteiger partial charge in [0.15, 0.2) is 5.96 Å². The van der Waals surface area contributed by atoms with Crippen molar-refractivity contribution in [2.24, 2.45) is 4.99 Å². The molecule has 1 rings (SSSR count). The number of unbranched alkanes of at least 4 members (excludes halogenated alkanes) is 1. The summed E-state index contributed by atoms with van der Waals surface area (Å²) < 4.78 is 0. The zero-order chi connectivity index (χ0) is 17.2. The quantitative estimate of drug-likeness (QED) is 0.231. The average molecular weight is 444 g/mol. The first-order valence-electron chi connectivity index (χ1n) is 7.82. The Bertz CT molecular complexity index is 540. The zero-order valence-electron chi connectivity index (χ0n) is 15.1. The van der Waals surface area contributed by atoms with E-state index in [0.717, 1.165) is 30.9 Å².